The van der Waals surface area contributed by atoms with Crippen LogP contribution < -0.4 is 5.32 Å². The van der Waals surface area contributed by atoms with Crippen LogP contribution in [0.25, 0.3) is 0 Å². The van der Waals surface area contributed by atoms with E-state index in [1.807, 2.05) is 0 Å². The van der Waals surface area contributed by atoms with Crippen molar-refractivity contribution < 1.29 is 4.74 Å². The molecule has 2 nitrogen and oxygen atoms in total. The van der Waals surface area contributed by atoms with Crippen LogP contribution in [0.2, 0.25) is 0 Å². The van der Waals surface area contributed by atoms with Gasteiger partial charge in [0.2, 0.25) is 0 Å². The number of hydrogen-bond acceptors (Lipinski definition) is 2. The van der Waals surface area contributed by atoms with Crippen molar-refractivity contribution in [3.63, 3.8) is 0 Å². The lowest BCUT2D eigenvalue weighted by Crippen LogP contribution is -2.40. The van der Waals surface area contributed by atoms with Gasteiger partial charge in [-0.15, -0.1) is 0 Å². The van der Waals surface area contributed by atoms with Gasteiger partial charge in [-0.05, 0) is 31.7 Å². The lowest BCUT2D eigenvalue weighted by atomic mass is 9.92. The first-order valence-electron chi connectivity index (χ1n) is 4.78. The fourth-order valence-electron chi connectivity index (χ4n) is 2.15. The van der Waals surface area contributed by atoms with Gasteiger partial charge in [0.05, 0.1) is 6.61 Å². The molecule has 11 heavy (non-hydrogen) atoms. The van der Waals surface area contributed by atoms with Crippen molar-refractivity contribution in [1.82, 2.24) is 5.32 Å². The van der Waals surface area contributed by atoms with Crippen molar-refractivity contribution in [3.8, 4) is 0 Å². The van der Waals surface area contributed by atoms with Crippen LogP contribution in [0.4, 0.5) is 0 Å². The quantitative estimate of drug-likeness (QED) is 0.613. The molecule has 2 saturated heterocycles. The summed E-state index contributed by atoms with van der Waals surface area (Å²) in [6, 6.07) is 0.770. The Kier molecular flexibility index (Phi) is 2.44. The van der Waals surface area contributed by atoms with E-state index >= 15 is 0 Å². The molecule has 2 rings (SSSR count). The average molecular weight is 155 g/mol. The average Bonchev–Trinajstić information content (AvgIpc) is 2.58. The maximum absolute atomic E-state index is 5.37. The van der Waals surface area contributed by atoms with Gasteiger partial charge in [0, 0.05) is 12.6 Å². The number of nitrogens with one attached hydrogen (secondary N) is 1. The predicted octanol–water partition coefficient (Wildman–Crippen LogP) is 1.17. The molecule has 0 amide bonds. The largest absolute Gasteiger partial charge is 0.381 e. The molecule has 2 heteroatoms. The molecule has 2 heterocycles. The zero-order chi connectivity index (χ0) is 7.52. The zero-order valence-corrected chi connectivity index (χ0v) is 7.01. The van der Waals surface area contributed by atoms with Crippen LogP contribution in [0.5, 0.6) is 0 Å². The van der Waals surface area contributed by atoms with Crippen molar-refractivity contribution in [2.24, 2.45) is 5.92 Å². The molecular formula is C9H17NO. The Hall–Kier alpha value is -0.0800. The number of ether oxygens (including phenoxy) is 1. The summed E-state index contributed by atoms with van der Waals surface area (Å²) >= 11 is 0. The van der Waals surface area contributed by atoms with Gasteiger partial charge in [0.15, 0.2) is 0 Å². The molecule has 2 aliphatic heterocycles. The molecule has 0 aliphatic carbocycles. The second kappa shape index (κ2) is 3.55. The Bertz CT molecular complexity index is 115. The number of piperidine rings is 1. The summed E-state index contributed by atoms with van der Waals surface area (Å²) in [5.41, 5.74) is 0. The topological polar surface area (TPSA) is 21.3 Å². The summed E-state index contributed by atoms with van der Waals surface area (Å²) in [5, 5.41) is 3.58. The maximum Gasteiger partial charge on any atom is 0.0510 e. The van der Waals surface area contributed by atoms with E-state index in [1.54, 1.807) is 0 Å². The van der Waals surface area contributed by atoms with Crippen LogP contribution in [-0.4, -0.2) is 25.8 Å². The monoisotopic (exact) mass is 155 g/mol. The summed E-state index contributed by atoms with van der Waals surface area (Å²) in [4.78, 5) is 0. The first-order valence-corrected chi connectivity index (χ1v) is 4.78. The van der Waals surface area contributed by atoms with E-state index in [1.165, 1.54) is 32.2 Å². The van der Waals surface area contributed by atoms with Crippen molar-refractivity contribution in [2.75, 3.05) is 19.8 Å². The standard InChI is InChI=1S/C9H17NO/c1-2-5-10-9(3-1)8-4-6-11-7-8/h8-10H,1-7H2. The third kappa shape index (κ3) is 1.74. The van der Waals surface area contributed by atoms with E-state index < -0.39 is 0 Å². The summed E-state index contributed by atoms with van der Waals surface area (Å²) < 4.78 is 5.37. The van der Waals surface area contributed by atoms with E-state index in [-0.39, 0.29) is 0 Å². The Morgan fingerprint density at radius 3 is 2.82 bits per heavy atom. The minimum absolute atomic E-state index is 0.770. The van der Waals surface area contributed by atoms with Crippen LogP contribution in [0, 0.1) is 5.92 Å². The highest BCUT2D eigenvalue weighted by molar-refractivity contribution is 4.81. The fraction of sp³-hybridized carbons (Fsp3) is 1.00. The van der Waals surface area contributed by atoms with Crippen LogP contribution in [0.3, 0.4) is 0 Å². The van der Waals surface area contributed by atoms with Crippen LogP contribution >= 0.6 is 0 Å². The highest BCUT2D eigenvalue weighted by atomic mass is 16.5. The van der Waals surface area contributed by atoms with Crippen molar-refractivity contribution in [2.45, 2.75) is 31.7 Å². The van der Waals surface area contributed by atoms with Gasteiger partial charge in [-0.2, -0.15) is 0 Å². The van der Waals surface area contributed by atoms with Gasteiger partial charge < -0.3 is 10.1 Å². The molecule has 0 bridgehead atoms. The molecule has 64 valence electrons. The van der Waals surface area contributed by atoms with Gasteiger partial charge >= 0.3 is 0 Å². The summed E-state index contributed by atoms with van der Waals surface area (Å²) in [7, 11) is 0. The molecule has 2 atom stereocenters. The fourth-order valence-corrected chi connectivity index (χ4v) is 2.15. The molecule has 1 N–H and O–H groups in total. The molecule has 0 aromatic heterocycles. The summed E-state index contributed by atoms with van der Waals surface area (Å²) in [5.74, 6) is 0.815. The first kappa shape index (κ1) is 7.56. The van der Waals surface area contributed by atoms with Gasteiger partial charge in [0.1, 0.15) is 0 Å². The van der Waals surface area contributed by atoms with Crippen LogP contribution in [0.15, 0.2) is 0 Å². The number of hydrogen-bond donors (Lipinski definition) is 1. The first-order chi connectivity index (χ1) is 5.47. The molecule has 2 unspecified atom stereocenters. The molecule has 0 saturated carbocycles. The van der Waals surface area contributed by atoms with E-state index in [0.717, 1.165) is 25.2 Å². The third-order valence-electron chi connectivity index (χ3n) is 2.88. The molecule has 0 radical (unpaired) electrons. The molecule has 2 fully saturated rings. The molecule has 0 spiro atoms. The minimum atomic E-state index is 0.770. The Labute approximate surface area is 68.3 Å². The van der Waals surface area contributed by atoms with Crippen molar-refractivity contribution >= 4 is 0 Å². The summed E-state index contributed by atoms with van der Waals surface area (Å²) in [6.07, 6.45) is 5.42. The Morgan fingerprint density at radius 1 is 1.18 bits per heavy atom. The predicted molar refractivity (Wildman–Crippen MR) is 44.6 cm³/mol. The van der Waals surface area contributed by atoms with Crippen molar-refractivity contribution in [3.05, 3.63) is 0 Å². The highest BCUT2D eigenvalue weighted by Gasteiger charge is 2.26. The van der Waals surface area contributed by atoms with E-state index in [2.05, 4.69) is 5.32 Å². The van der Waals surface area contributed by atoms with E-state index in [0.29, 0.717) is 0 Å². The number of rotatable bonds is 1. The lowest BCUT2D eigenvalue weighted by Gasteiger charge is -2.27. The maximum atomic E-state index is 5.37. The smallest absolute Gasteiger partial charge is 0.0510 e. The molecular weight excluding hydrogens is 138 g/mol. The van der Waals surface area contributed by atoms with Crippen LogP contribution in [0.1, 0.15) is 25.7 Å². The second-order valence-electron chi connectivity index (χ2n) is 3.68. The van der Waals surface area contributed by atoms with Crippen LogP contribution in [-0.2, 0) is 4.74 Å². The van der Waals surface area contributed by atoms with Gasteiger partial charge in [-0.25, -0.2) is 0 Å². The Morgan fingerprint density at radius 2 is 2.18 bits per heavy atom. The van der Waals surface area contributed by atoms with E-state index in [4.69, 9.17) is 4.74 Å². The Balaban J connectivity index is 1.82. The summed E-state index contributed by atoms with van der Waals surface area (Å²) in [6.45, 7) is 3.21. The van der Waals surface area contributed by atoms with E-state index in [9.17, 15) is 0 Å². The third-order valence-corrected chi connectivity index (χ3v) is 2.88. The zero-order valence-electron chi connectivity index (χ0n) is 7.01. The SMILES string of the molecule is C1CCC(C2CCOC2)NC1. The van der Waals surface area contributed by atoms with Gasteiger partial charge in [-0.1, -0.05) is 6.42 Å². The molecule has 0 aromatic carbocycles. The van der Waals surface area contributed by atoms with Gasteiger partial charge in [0.25, 0.3) is 0 Å². The van der Waals surface area contributed by atoms with Crippen molar-refractivity contribution in [1.29, 1.82) is 0 Å². The lowest BCUT2D eigenvalue weighted by molar-refractivity contribution is 0.171. The minimum Gasteiger partial charge on any atom is -0.381 e. The van der Waals surface area contributed by atoms with Gasteiger partial charge in [-0.3, -0.25) is 0 Å². The molecule has 2 aliphatic rings. The highest BCUT2D eigenvalue weighted by Crippen LogP contribution is 2.22. The normalized spacial score (nSPS) is 39.3. The second-order valence-corrected chi connectivity index (χ2v) is 3.68. The molecule has 0 aromatic rings.